The number of aliphatic hydroxyl groups is 1. The van der Waals surface area contributed by atoms with Crippen LogP contribution >= 0.6 is 11.6 Å². The highest BCUT2D eigenvalue weighted by atomic mass is 35.5. The number of ketones is 1. The van der Waals surface area contributed by atoms with Gasteiger partial charge in [-0.3, -0.25) is 4.79 Å². The van der Waals surface area contributed by atoms with Crippen LogP contribution in [-0.2, 0) is 11.2 Å². The smallest absolute Gasteiger partial charge is 0.168 e. The Balaban J connectivity index is 2.10. The summed E-state index contributed by atoms with van der Waals surface area (Å²) in [6.45, 7) is 2.12. The van der Waals surface area contributed by atoms with Crippen LogP contribution in [0.15, 0.2) is 18.2 Å². The number of halogens is 2. The molecule has 1 N–H and O–H groups in total. The summed E-state index contributed by atoms with van der Waals surface area (Å²) in [7, 11) is 0. The van der Waals surface area contributed by atoms with E-state index >= 15 is 0 Å². The summed E-state index contributed by atoms with van der Waals surface area (Å²) in [4.78, 5) is 12.2. The maximum absolute atomic E-state index is 13.2. The first kappa shape index (κ1) is 14.5. The molecule has 19 heavy (non-hydrogen) atoms. The molecule has 1 aliphatic carbocycles. The first-order valence-corrected chi connectivity index (χ1v) is 6.98. The third kappa shape index (κ3) is 3.34. The quantitative estimate of drug-likeness (QED) is 0.922. The molecule has 0 heterocycles. The molecule has 0 amide bonds. The Morgan fingerprint density at radius 3 is 2.74 bits per heavy atom. The molecule has 1 aromatic rings. The fourth-order valence-electron chi connectivity index (χ4n) is 2.53. The van der Waals surface area contributed by atoms with Crippen molar-refractivity contribution >= 4 is 17.4 Å². The standard InChI is InChI=1S/C15H18ClFO2/c1-10-4-6-15(19,7-5-10)14(18)9-11-8-12(17)2-3-13(11)16/h2-3,8,10,19H,4-7,9H2,1H3. The average molecular weight is 285 g/mol. The molecule has 0 aromatic heterocycles. The molecule has 2 rings (SSSR count). The van der Waals surface area contributed by atoms with Gasteiger partial charge in [-0.1, -0.05) is 18.5 Å². The second-order valence-electron chi connectivity index (χ2n) is 5.55. The minimum Gasteiger partial charge on any atom is -0.382 e. The van der Waals surface area contributed by atoms with Crippen molar-refractivity contribution in [2.75, 3.05) is 0 Å². The summed E-state index contributed by atoms with van der Waals surface area (Å²) in [6, 6.07) is 3.95. The van der Waals surface area contributed by atoms with Gasteiger partial charge < -0.3 is 5.11 Å². The lowest BCUT2D eigenvalue weighted by atomic mass is 9.76. The Kier molecular flexibility index (Phi) is 4.26. The fourth-order valence-corrected chi connectivity index (χ4v) is 2.72. The van der Waals surface area contributed by atoms with Crippen molar-refractivity contribution in [2.45, 2.75) is 44.6 Å². The summed E-state index contributed by atoms with van der Waals surface area (Å²) in [5.41, 5.74) is -0.818. The highest BCUT2D eigenvalue weighted by Gasteiger charge is 2.38. The van der Waals surface area contributed by atoms with E-state index in [1.165, 1.54) is 18.2 Å². The van der Waals surface area contributed by atoms with Crippen LogP contribution in [0.1, 0.15) is 38.2 Å². The molecule has 0 spiro atoms. The molecule has 1 saturated carbocycles. The summed E-state index contributed by atoms with van der Waals surface area (Å²) in [6.07, 6.45) is 2.65. The van der Waals surface area contributed by atoms with Crippen LogP contribution in [0.3, 0.4) is 0 Å². The molecule has 0 aliphatic heterocycles. The molecule has 2 nitrogen and oxygen atoms in total. The van der Waals surface area contributed by atoms with Crippen molar-refractivity contribution in [1.29, 1.82) is 0 Å². The number of carbonyl (C=O) groups is 1. The van der Waals surface area contributed by atoms with E-state index in [0.29, 0.717) is 29.3 Å². The van der Waals surface area contributed by atoms with Gasteiger partial charge >= 0.3 is 0 Å². The Morgan fingerprint density at radius 1 is 1.47 bits per heavy atom. The van der Waals surface area contributed by atoms with Gasteiger partial charge in [-0.15, -0.1) is 0 Å². The number of hydrogen-bond acceptors (Lipinski definition) is 2. The molecule has 104 valence electrons. The molecule has 1 aliphatic rings. The lowest BCUT2D eigenvalue weighted by Gasteiger charge is -2.33. The first-order chi connectivity index (χ1) is 8.90. The zero-order valence-corrected chi connectivity index (χ0v) is 11.7. The molecule has 0 atom stereocenters. The maximum atomic E-state index is 13.2. The average Bonchev–Trinajstić information content (AvgIpc) is 2.37. The van der Waals surface area contributed by atoms with Crippen LogP contribution in [-0.4, -0.2) is 16.5 Å². The second kappa shape index (κ2) is 5.59. The molecule has 0 bridgehead atoms. The molecule has 1 fully saturated rings. The zero-order chi connectivity index (χ0) is 14.0. The van der Waals surface area contributed by atoms with E-state index in [-0.39, 0.29) is 12.2 Å². The molecule has 4 heteroatoms. The van der Waals surface area contributed by atoms with E-state index in [0.717, 1.165) is 12.8 Å². The molecule has 0 unspecified atom stereocenters. The van der Waals surface area contributed by atoms with Gasteiger partial charge in [0.25, 0.3) is 0 Å². The Hall–Kier alpha value is -0.930. The van der Waals surface area contributed by atoms with E-state index in [4.69, 9.17) is 11.6 Å². The number of carbonyl (C=O) groups excluding carboxylic acids is 1. The normalized spacial score (nSPS) is 27.3. The Labute approximate surface area is 117 Å². The summed E-state index contributed by atoms with van der Waals surface area (Å²) < 4.78 is 13.2. The second-order valence-corrected chi connectivity index (χ2v) is 5.96. The number of hydrogen-bond donors (Lipinski definition) is 1. The van der Waals surface area contributed by atoms with Crippen molar-refractivity contribution in [3.63, 3.8) is 0 Å². The van der Waals surface area contributed by atoms with E-state index in [9.17, 15) is 14.3 Å². The van der Waals surface area contributed by atoms with Crippen LogP contribution in [0.2, 0.25) is 5.02 Å². The summed E-state index contributed by atoms with van der Waals surface area (Å²) >= 11 is 5.95. The van der Waals surface area contributed by atoms with E-state index in [1.807, 2.05) is 0 Å². The SMILES string of the molecule is CC1CCC(O)(C(=O)Cc2cc(F)ccc2Cl)CC1. The van der Waals surface area contributed by atoms with Crippen molar-refractivity contribution in [2.24, 2.45) is 5.92 Å². The van der Waals surface area contributed by atoms with E-state index in [1.54, 1.807) is 0 Å². The molecular formula is C15H18ClFO2. The van der Waals surface area contributed by atoms with Gasteiger partial charge in [-0.25, -0.2) is 4.39 Å². The van der Waals surface area contributed by atoms with Crippen molar-refractivity contribution < 1.29 is 14.3 Å². The molecule has 0 radical (unpaired) electrons. The van der Waals surface area contributed by atoms with Crippen LogP contribution < -0.4 is 0 Å². The third-order valence-corrected chi connectivity index (χ3v) is 4.35. The van der Waals surface area contributed by atoms with Crippen LogP contribution in [0.5, 0.6) is 0 Å². The molecular weight excluding hydrogens is 267 g/mol. The maximum Gasteiger partial charge on any atom is 0.168 e. The lowest BCUT2D eigenvalue weighted by Crippen LogP contribution is -2.42. The molecule has 1 aromatic carbocycles. The number of Topliss-reactive ketones (excluding diaryl/α,β-unsaturated/α-hetero) is 1. The van der Waals surface area contributed by atoms with Crippen LogP contribution in [0.4, 0.5) is 4.39 Å². The van der Waals surface area contributed by atoms with Gasteiger partial charge in [-0.2, -0.15) is 0 Å². The minimum absolute atomic E-state index is 0.0124. The highest BCUT2D eigenvalue weighted by Crippen LogP contribution is 2.33. The van der Waals surface area contributed by atoms with E-state index < -0.39 is 11.4 Å². The van der Waals surface area contributed by atoms with Gasteiger partial charge in [0.1, 0.15) is 11.4 Å². The Morgan fingerprint density at radius 2 is 2.11 bits per heavy atom. The van der Waals surface area contributed by atoms with Gasteiger partial charge in [0.15, 0.2) is 5.78 Å². The number of benzene rings is 1. The van der Waals surface area contributed by atoms with E-state index in [2.05, 4.69) is 6.92 Å². The predicted octanol–water partition coefficient (Wildman–Crippen LogP) is 3.53. The first-order valence-electron chi connectivity index (χ1n) is 6.60. The van der Waals surface area contributed by atoms with Crippen molar-refractivity contribution in [3.05, 3.63) is 34.6 Å². The summed E-state index contributed by atoms with van der Waals surface area (Å²) in [5.74, 6) is -0.130. The fraction of sp³-hybridized carbons (Fsp3) is 0.533. The zero-order valence-electron chi connectivity index (χ0n) is 11.0. The molecule has 0 saturated heterocycles. The van der Waals surface area contributed by atoms with Gasteiger partial charge in [0, 0.05) is 11.4 Å². The minimum atomic E-state index is -1.26. The highest BCUT2D eigenvalue weighted by molar-refractivity contribution is 6.31. The topological polar surface area (TPSA) is 37.3 Å². The van der Waals surface area contributed by atoms with Crippen molar-refractivity contribution in [1.82, 2.24) is 0 Å². The lowest BCUT2D eigenvalue weighted by molar-refractivity contribution is -0.140. The third-order valence-electron chi connectivity index (χ3n) is 3.98. The van der Waals surface area contributed by atoms with Crippen molar-refractivity contribution in [3.8, 4) is 0 Å². The largest absolute Gasteiger partial charge is 0.382 e. The van der Waals surface area contributed by atoms with Gasteiger partial charge in [-0.05, 0) is 55.4 Å². The predicted molar refractivity (Wildman–Crippen MR) is 72.7 cm³/mol. The monoisotopic (exact) mass is 284 g/mol. The van der Waals surface area contributed by atoms with Crippen LogP contribution in [0, 0.1) is 11.7 Å². The van der Waals surface area contributed by atoms with Gasteiger partial charge in [0.2, 0.25) is 0 Å². The summed E-state index contributed by atoms with van der Waals surface area (Å²) in [5, 5.41) is 10.8. The van der Waals surface area contributed by atoms with Crippen LogP contribution in [0.25, 0.3) is 0 Å². The Bertz CT molecular complexity index is 479. The van der Waals surface area contributed by atoms with Gasteiger partial charge in [0.05, 0.1) is 0 Å². The number of rotatable bonds is 3.